The lowest BCUT2D eigenvalue weighted by atomic mass is 10.1. The van der Waals surface area contributed by atoms with Gasteiger partial charge in [0.15, 0.2) is 11.5 Å². The fourth-order valence-corrected chi connectivity index (χ4v) is 3.00. The van der Waals surface area contributed by atoms with E-state index in [9.17, 15) is 4.79 Å². The SMILES string of the molecule is O=C(NCc1ccc(Cn2ccnc2)cc1)c1cc(Cl)c2c(c1)OCO2. The highest BCUT2D eigenvalue weighted by molar-refractivity contribution is 6.32. The number of imidazole rings is 1. The smallest absolute Gasteiger partial charge is 0.251 e. The highest BCUT2D eigenvalue weighted by Crippen LogP contribution is 2.39. The summed E-state index contributed by atoms with van der Waals surface area (Å²) < 4.78 is 12.5. The molecule has 0 spiro atoms. The first-order valence-electron chi connectivity index (χ1n) is 8.10. The second kappa shape index (κ2) is 7.09. The molecule has 2 aromatic carbocycles. The van der Waals surface area contributed by atoms with Gasteiger partial charge in [-0.2, -0.15) is 0 Å². The molecule has 1 N–H and O–H groups in total. The predicted octanol–water partition coefficient (Wildman–Crippen LogP) is 3.24. The molecule has 0 saturated heterocycles. The van der Waals surface area contributed by atoms with Crippen LogP contribution in [-0.4, -0.2) is 22.3 Å². The number of halogens is 1. The summed E-state index contributed by atoms with van der Waals surface area (Å²) in [5.74, 6) is 0.760. The molecule has 3 aromatic rings. The van der Waals surface area contributed by atoms with E-state index in [0.29, 0.717) is 28.6 Å². The minimum atomic E-state index is -0.215. The molecule has 0 radical (unpaired) electrons. The number of hydrogen-bond donors (Lipinski definition) is 1. The molecule has 0 unspecified atom stereocenters. The van der Waals surface area contributed by atoms with E-state index in [1.807, 2.05) is 35.0 Å². The van der Waals surface area contributed by atoms with E-state index in [-0.39, 0.29) is 12.7 Å². The largest absolute Gasteiger partial charge is 0.454 e. The highest BCUT2D eigenvalue weighted by Gasteiger charge is 2.20. The number of fused-ring (bicyclic) bond motifs is 1. The maximum Gasteiger partial charge on any atom is 0.251 e. The molecular weight excluding hydrogens is 354 g/mol. The van der Waals surface area contributed by atoms with Crippen molar-refractivity contribution in [2.75, 3.05) is 6.79 Å². The van der Waals surface area contributed by atoms with Gasteiger partial charge in [0.05, 0.1) is 11.3 Å². The lowest BCUT2D eigenvalue weighted by molar-refractivity contribution is 0.0950. The minimum Gasteiger partial charge on any atom is -0.454 e. The summed E-state index contributed by atoms with van der Waals surface area (Å²) in [6, 6.07) is 11.3. The first-order chi connectivity index (χ1) is 12.7. The van der Waals surface area contributed by atoms with Crippen molar-refractivity contribution in [2.24, 2.45) is 0 Å². The number of rotatable bonds is 5. The van der Waals surface area contributed by atoms with Crippen molar-refractivity contribution in [1.82, 2.24) is 14.9 Å². The Bertz CT molecular complexity index is 924. The van der Waals surface area contributed by atoms with Crippen molar-refractivity contribution < 1.29 is 14.3 Å². The van der Waals surface area contributed by atoms with Crippen molar-refractivity contribution in [3.8, 4) is 11.5 Å². The molecule has 0 bridgehead atoms. The summed E-state index contributed by atoms with van der Waals surface area (Å²) in [5, 5.41) is 3.26. The number of amides is 1. The number of ether oxygens (including phenoxy) is 2. The van der Waals surface area contributed by atoms with Crippen LogP contribution < -0.4 is 14.8 Å². The van der Waals surface area contributed by atoms with Gasteiger partial charge in [0.1, 0.15) is 0 Å². The van der Waals surface area contributed by atoms with Gasteiger partial charge in [0, 0.05) is 31.0 Å². The topological polar surface area (TPSA) is 65.4 Å². The van der Waals surface area contributed by atoms with Gasteiger partial charge in [-0.15, -0.1) is 0 Å². The van der Waals surface area contributed by atoms with Gasteiger partial charge in [-0.25, -0.2) is 4.98 Å². The number of benzene rings is 2. The zero-order valence-electron chi connectivity index (χ0n) is 13.8. The molecule has 132 valence electrons. The van der Waals surface area contributed by atoms with E-state index in [4.69, 9.17) is 21.1 Å². The average Bonchev–Trinajstić information content (AvgIpc) is 3.32. The lowest BCUT2D eigenvalue weighted by Gasteiger charge is -2.08. The fourth-order valence-electron chi connectivity index (χ4n) is 2.74. The van der Waals surface area contributed by atoms with Gasteiger partial charge < -0.3 is 19.4 Å². The minimum absolute atomic E-state index is 0.117. The van der Waals surface area contributed by atoms with Crippen molar-refractivity contribution in [2.45, 2.75) is 13.1 Å². The quantitative estimate of drug-likeness (QED) is 0.749. The predicted molar refractivity (Wildman–Crippen MR) is 96.5 cm³/mol. The van der Waals surface area contributed by atoms with Gasteiger partial charge in [-0.1, -0.05) is 35.9 Å². The molecule has 4 rings (SSSR count). The van der Waals surface area contributed by atoms with Crippen LogP contribution in [0.15, 0.2) is 55.1 Å². The number of carbonyl (C=O) groups is 1. The monoisotopic (exact) mass is 369 g/mol. The summed E-state index contributed by atoms with van der Waals surface area (Å²) in [6.45, 7) is 1.31. The van der Waals surface area contributed by atoms with Crippen LogP contribution in [0.25, 0.3) is 0 Å². The Balaban J connectivity index is 1.38. The molecular formula is C19H16ClN3O3. The van der Waals surface area contributed by atoms with Gasteiger partial charge in [0.2, 0.25) is 6.79 Å². The summed E-state index contributed by atoms with van der Waals surface area (Å²) >= 11 is 6.12. The number of hydrogen-bond acceptors (Lipinski definition) is 4. The zero-order chi connectivity index (χ0) is 17.9. The second-order valence-electron chi connectivity index (χ2n) is 5.93. The third-order valence-corrected chi connectivity index (χ3v) is 4.37. The van der Waals surface area contributed by atoms with E-state index in [1.165, 1.54) is 5.56 Å². The van der Waals surface area contributed by atoms with Gasteiger partial charge >= 0.3 is 0 Å². The van der Waals surface area contributed by atoms with E-state index in [0.717, 1.165) is 12.1 Å². The maximum absolute atomic E-state index is 12.4. The fraction of sp³-hybridized carbons (Fsp3) is 0.158. The molecule has 1 aliphatic heterocycles. The molecule has 0 fully saturated rings. The molecule has 0 saturated carbocycles. The molecule has 6 nitrogen and oxygen atoms in total. The van der Waals surface area contributed by atoms with Gasteiger partial charge in [0.25, 0.3) is 5.91 Å². The Hall–Kier alpha value is -2.99. The first kappa shape index (κ1) is 16.5. The Morgan fingerprint density at radius 1 is 1.19 bits per heavy atom. The van der Waals surface area contributed by atoms with E-state index in [1.54, 1.807) is 24.7 Å². The van der Waals surface area contributed by atoms with Crippen LogP contribution in [0.1, 0.15) is 21.5 Å². The van der Waals surface area contributed by atoms with E-state index >= 15 is 0 Å². The number of aromatic nitrogens is 2. The van der Waals surface area contributed by atoms with Gasteiger partial charge in [-0.3, -0.25) is 4.79 Å². The Morgan fingerprint density at radius 3 is 2.77 bits per heavy atom. The normalized spacial score (nSPS) is 12.2. The van der Waals surface area contributed by atoms with E-state index < -0.39 is 0 Å². The molecule has 7 heteroatoms. The second-order valence-corrected chi connectivity index (χ2v) is 6.33. The summed E-state index contributed by atoms with van der Waals surface area (Å²) in [5.41, 5.74) is 2.62. The summed E-state index contributed by atoms with van der Waals surface area (Å²) in [7, 11) is 0. The molecule has 1 amide bonds. The zero-order valence-corrected chi connectivity index (χ0v) is 14.6. The number of nitrogens with zero attached hydrogens (tertiary/aromatic N) is 2. The van der Waals surface area contributed by atoms with Crippen LogP contribution in [0.5, 0.6) is 11.5 Å². The van der Waals surface area contributed by atoms with Crippen LogP contribution in [0.2, 0.25) is 5.02 Å². The van der Waals surface area contributed by atoms with Crippen LogP contribution in [-0.2, 0) is 13.1 Å². The average molecular weight is 370 g/mol. The first-order valence-corrected chi connectivity index (χ1v) is 8.48. The molecule has 0 aliphatic carbocycles. The van der Waals surface area contributed by atoms with Crippen molar-refractivity contribution in [3.05, 3.63) is 76.8 Å². The standard InChI is InChI=1S/C19H16ClN3O3/c20-16-7-15(8-17-18(16)26-12-25-17)19(24)22-9-13-1-3-14(4-2-13)10-23-6-5-21-11-23/h1-8,11H,9-10,12H2,(H,22,24). The highest BCUT2D eigenvalue weighted by atomic mass is 35.5. The maximum atomic E-state index is 12.4. The summed E-state index contributed by atoms with van der Waals surface area (Å²) in [6.07, 6.45) is 5.46. The molecule has 26 heavy (non-hydrogen) atoms. The van der Waals surface area contributed by atoms with Crippen LogP contribution >= 0.6 is 11.6 Å². The number of carbonyl (C=O) groups excluding carboxylic acids is 1. The summed E-state index contributed by atoms with van der Waals surface area (Å²) in [4.78, 5) is 16.4. The molecule has 0 atom stereocenters. The van der Waals surface area contributed by atoms with Crippen molar-refractivity contribution >= 4 is 17.5 Å². The third kappa shape index (κ3) is 3.50. The molecule has 1 aliphatic rings. The number of nitrogens with one attached hydrogen (secondary N) is 1. The Morgan fingerprint density at radius 2 is 2.00 bits per heavy atom. The van der Waals surface area contributed by atoms with Crippen LogP contribution in [0.3, 0.4) is 0 Å². The van der Waals surface area contributed by atoms with Crippen LogP contribution in [0, 0.1) is 0 Å². The Kier molecular flexibility index (Phi) is 4.50. The van der Waals surface area contributed by atoms with Crippen LogP contribution in [0.4, 0.5) is 0 Å². The van der Waals surface area contributed by atoms with E-state index in [2.05, 4.69) is 10.3 Å². The van der Waals surface area contributed by atoms with Gasteiger partial charge in [-0.05, 0) is 23.3 Å². The third-order valence-electron chi connectivity index (χ3n) is 4.09. The Labute approximate surface area is 155 Å². The van der Waals surface area contributed by atoms with Crippen molar-refractivity contribution in [1.29, 1.82) is 0 Å². The molecule has 2 heterocycles. The van der Waals surface area contributed by atoms with Crippen molar-refractivity contribution in [3.63, 3.8) is 0 Å². The lowest BCUT2D eigenvalue weighted by Crippen LogP contribution is -2.22. The molecule has 1 aromatic heterocycles.